The molecule has 0 unspecified atom stereocenters. The van der Waals surface area contributed by atoms with Gasteiger partial charge < -0.3 is 15.7 Å². The molecule has 2 rings (SSSR count). The molecule has 0 aromatic carbocycles. The van der Waals surface area contributed by atoms with E-state index in [1.165, 1.54) is 28.1 Å². The van der Waals surface area contributed by atoms with Gasteiger partial charge in [0.05, 0.1) is 5.01 Å². The maximum atomic E-state index is 11.7. The summed E-state index contributed by atoms with van der Waals surface area (Å²) in [7, 11) is 0. The number of aromatic carboxylic acids is 1. The predicted molar refractivity (Wildman–Crippen MR) is 91.7 cm³/mol. The van der Waals surface area contributed by atoms with Gasteiger partial charge in [-0.3, -0.25) is 9.59 Å². The second-order valence-corrected chi connectivity index (χ2v) is 6.63. The van der Waals surface area contributed by atoms with E-state index in [9.17, 15) is 14.4 Å². The Morgan fingerprint density at radius 1 is 1.17 bits per heavy atom. The molecule has 2 amide bonds. The Balaban J connectivity index is 1.56. The van der Waals surface area contributed by atoms with Gasteiger partial charge in [-0.15, -0.1) is 11.3 Å². The molecule has 0 saturated heterocycles. The Morgan fingerprint density at radius 3 is 2.67 bits per heavy atom. The number of amides is 2. The Hall–Kier alpha value is -2.26. The number of thiophene rings is 1. The summed E-state index contributed by atoms with van der Waals surface area (Å²) in [4.78, 5) is 38.0. The molecule has 0 fully saturated rings. The lowest BCUT2D eigenvalue weighted by atomic mass is 10.2. The lowest BCUT2D eigenvalue weighted by Crippen LogP contribution is -2.28. The third kappa shape index (κ3) is 5.74. The van der Waals surface area contributed by atoms with Crippen LogP contribution < -0.4 is 10.6 Å². The fourth-order valence-electron chi connectivity index (χ4n) is 1.87. The molecule has 7 nitrogen and oxygen atoms in total. The number of hydrogen-bond acceptors (Lipinski definition) is 6. The minimum atomic E-state index is -1.05. The zero-order chi connectivity index (χ0) is 17.4. The zero-order valence-electron chi connectivity index (χ0n) is 12.8. The summed E-state index contributed by atoms with van der Waals surface area (Å²) in [6.45, 7) is 0.850. The number of carboxylic acids is 1. The van der Waals surface area contributed by atoms with Crippen LogP contribution in [0, 0.1) is 0 Å². The van der Waals surface area contributed by atoms with E-state index in [1.54, 1.807) is 11.4 Å². The molecular formula is C15H17N3O4S2. The number of carboxylic acid groups (broad SMARTS) is 1. The molecule has 2 aromatic heterocycles. The number of carbonyl (C=O) groups excluding carboxylic acids is 2. The van der Waals surface area contributed by atoms with Crippen molar-refractivity contribution in [3.63, 3.8) is 0 Å². The zero-order valence-corrected chi connectivity index (χ0v) is 14.4. The van der Waals surface area contributed by atoms with Crippen molar-refractivity contribution < 1.29 is 19.5 Å². The third-order valence-corrected chi connectivity index (χ3v) is 4.67. The molecule has 128 valence electrons. The molecular weight excluding hydrogens is 350 g/mol. The van der Waals surface area contributed by atoms with Gasteiger partial charge in [0.1, 0.15) is 0 Å². The monoisotopic (exact) mass is 367 g/mol. The summed E-state index contributed by atoms with van der Waals surface area (Å²) in [6.07, 6.45) is 1.38. The fourth-order valence-corrected chi connectivity index (χ4v) is 3.28. The minimum absolute atomic E-state index is 0.0303. The number of nitrogens with one attached hydrogen (secondary N) is 2. The molecule has 0 radical (unpaired) electrons. The highest BCUT2D eigenvalue weighted by Crippen LogP contribution is 2.10. The first kappa shape index (κ1) is 18.1. The second-order valence-electron chi connectivity index (χ2n) is 4.90. The smallest absolute Gasteiger partial charge is 0.355 e. The van der Waals surface area contributed by atoms with Gasteiger partial charge in [0.15, 0.2) is 5.69 Å². The molecule has 0 saturated carbocycles. The summed E-state index contributed by atoms with van der Waals surface area (Å²) in [5.41, 5.74) is 0.663. The van der Waals surface area contributed by atoms with Crippen LogP contribution in [0.1, 0.15) is 38.7 Å². The lowest BCUT2D eigenvalue weighted by molar-refractivity contribution is -0.121. The van der Waals surface area contributed by atoms with Gasteiger partial charge in [0.25, 0.3) is 5.91 Å². The number of thiazole rings is 1. The Bertz CT molecular complexity index is 697. The van der Waals surface area contributed by atoms with Gasteiger partial charge in [0, 0.05) is 42.3 Å². The molecule has 3 N–H and O–H groups in total. The van der Waals surface area contributed by atoms with E-state index < -0.39 is 5.97 Å². The fraction of sp³-hybridized carbons (Fsp3) is 0.333. The summed E-state index contributed by atoms with van der Waals surface area (Å²) in [5, 5.41) is 20.1. The van der Waals surface area contributed by atoms with Crippen molar-refractivity contribution >= 4 is 40.5 Å². The average molecular weight is 367 g/mol. The van der Waals surface area contributed by atoms with Crippen LogP contribution in [-0.4, -0.2) is 41.0 Å². The van der Waals surface area contributed by atoms with E-state index in [0.29, 0.717) is 42.9 Å². The Morgan fingerprint density at radius 2 is 2.00 bits per heavy atom. The van der Waals surface area contributed by atoms with E-state index >= 15 is 0 Å². The van der Waals surface area contributed by atoms with E-state index in [-0.39, 0.29) is 17.5 Å². The van der Waals surface area contributed by atoms with E-state index in [2.05, 4.69) is 15.6 Å². The highest BCUT2D eigenvalue weighted by atomic mass is 32.1. The van der Waals surface area contributed by atoms with Crippen molar-refractivity contribution in [1.82, 2.24) is 15.6 Å². The molecule has 0 atom stereocenters. The van der Waals surface area contributed by atoms with E-state index in [4.69, 9.17) is 5.11 Å². The van der Waals surface area contributed by atoms with Crippen molar-refractivity contribution in [3.8, 4) is 0 Å². The summed E-state index contributed by atoms with van der Waals surface area (Å²) in [5.74, 6) is -1.28. The molecule has 24 heavy (non-hydrogen) atoms. The van der Waals surface area contributed by atoms with Gasteiger partial charge >= 0.3 is 5.97 Å². The van der Waals surface area contributed by atoms with Crippen LogP contribution in [0.4, 0.5) is 0 Å². The van der Waals surface area contributed by atoms with Gasteiger partial charge in [-0.2, -0.15) is 11.3 Å². The molecule has 2 heterocycles. The van der Waals surface area contributed by atoms with Crippen LogP contribution in [0.3, 0.4) is 0 Å². The van der Waals surface area contributed by atoms with Gasteiger partial charge in [-0.25, -0.2) is 9.78 Å². The maximum absolute atomic E-state index is 11.7. The van der Waals surface area contributed by atoms with Crippen molar-refractivity contribution in [2.75, 3.05) is 13.1 Å². The van der Waals surface area contributed by atoms with Crippen LogP contribution in [0.25, 0.3) is 0 Å². The third-order valence-electron chi connectivity index (χ3n) is 3.08. The largest absolute Gasteiger partial charge is 0.476 e. The maximum Gasteiger partial charge on any atom is 0.355 e. The molecule has 9 heteroatoms. The number of rotatable bonds is 9. The van der Waals surface area contributed by atoms with Crippen LogP contribution in [0.15, 0.2) is 22.2 Å². The summed E-state index contributed by atoms with van der Waals surface area (Å²) < 4.78 is 0. The molecule has 0 aliphatic rings. The standard InChI is InChI=1S/C15H17N3O4S2/c19-12(2-1-5-17-14(20)10-4-7-23-8-10)16-6-3-13-18-11(9-24-13)15(21)22/h4,7-9H,1-3,5-6H2,(H,16,19)(H,17,20)(H,21,22). The number of carbonyl (C=O) groups is 3. The van der Waals surface area contributed by atoms with Crippen molar-refractivity contribution in [3.05, 3.63) is 38.5 Å². The highest BCUT2D eigenvalue weighted by molar-refractivity contribution is 7.09. The van der Waals surface area contributed by atoms with Crippen molar-refractivity contribution in [1.29, 1.82) is 0 Å². The molecule has 2 aromatic rings. The molecule has 0 bridgehead atoms. The van der Waals surface area contributed by atoms with E-state index in [1.807, 2.05) is 5.38 Å². The quantitative estimate of drug-likeness (QED) is 0.585. The highest BCUT2D eigenvalue weighted by Gasteiger charge is 2.09. The van der Waals surface area contributed by atoms with Crippen LogP contribution in [0.5, 0.6) is 0 Å². The first-order valence-corrected chi connectivity index (χ1v) is 9.13. The minimum Gasteiger partial charge on any atom is -0.476 e. The predicted octanol–water partition coefficient (Wildman–Crippen LogP) is 1.77. The lowest BCUT2D eigenvalue weighted by Gasteiger charge is -2.05. The number of nitrogens with zero attached hydrogens (tertiary/aromatic N) is 1. The van der Waals surface area contributed by atoms with Crippen molar-refractivity contribution in [2.24, 2.45) is 0 Å². The summed E-state index contributed by atoms with van der Waals surface area (Å²) in [6, 6.07) is 1.75. The Labute approximate surface area is 146 Å². The van der Waals surface area contributed by atoms with Crippen LogP contribution in [-0.2, 0) is 11.2 Å². The number of aromatic nitrogens is 1. The Kier molecular flexibility index (Phi) is 6.89. The molecule has 0 aliphatic carbocycles. The van der Waals surface area contributed by atoms with Crippen LogP contribution in [0.2, 0.25) is 0 Å². The van der Waals surface area contributed by atoms with Gasteiger partial charge in [-0.1, -0.05) is 0 Å². The molecule has 0 spiro atoms. The second kappa shape index (κ2) is 9.14. The van der Waals surface area contributed by atoms with Crippen LogP contribution >= 0.6 is 22.7 Å². The summed E-state index contributed by atoms with van der Waals surface area (Å²) >= 11 is 2.72. The first-order chi connectivity index (χ1) is 11.6. The van der Waals surface area contributed by atoms with Crippen molar-refractivity contribution in [2.45, 2.75) is 19.3 Å². The topological polar surface area (TPSA) is 108 Å². The van der Waals surface area contributed by atoms with Gasteiger partial charge in [-0.05, 0) is 17.9 Å². The number of hydrogen-bond donors (Lipinski definition) is 3. The molecule has 0 aliphatic heterocycles. The SMILES string of the molecule is O=C(CCCNC(=O)c1ccsc1)NCCc1nc(C(=O)O)cs1. The van der Waals surface area contributed by atoms with Gasteiger partial charge in [0.2, 0.25) is 5.91 Å². The average Bonchev–Trinajstić information content (AvgIpc) is 3.22. The van der Waals surface area contributed by atoms with E-state index in [0.717, 1.165) is 0 Å². The normalized spacial score (nSPS) is 10.3. The first-order valence-electron chi connectivity index (χ1n) is 7.31.